The number of hydrogen-bond donors (Lipinski definition) is 1. The second kappa shape index (κ2) is 10.1. The van der Waals surface area contributed by atoms with Crippen molar-refractivity contribution in [3.05, 3.63) is 0 Å². The Morgan fingerprint density at radius 1 is 1.29 bits per heavy atom. The van der Waals surface area contributed by atoms with Crippen molar-refractivity contribution >= 4 is 5.97 Å². The molecule has 2 unspecified atom stereocenters. The number of esters is 1. The fourth-order valence-corrected chi connectivity index (χ4v) is 2.77. The van der Waals surface area contributed by atoms with E-state index in [1.807, 2.05) is 20.8 Å². The van der Waals surface area contributed by atoms with Crippen molar-refractivity contribution in [3.8, 4) is 0 Å². The Morgan fingerprint density at radius 3 is 2.33 bits per heavy atom. The SMILES string of the molecule is CCN(CCCC(C)(NC(C)C)C(=O)OC)C(C)COC. The number of ether oxygens (including phenoxy) is 2. The third kappa shape index (κ3) is 7.25. The third-order valence-electron chi connectivity index (χ3n) is 3.80. The number of carbonyl (C=O) groups excluding carboxylic acids is 1. The van der Waals surface area contributed by atoms with Crippen LogP contribution >= 0.6 is 0 Å². The monoisotopic (exact) mass is 302 g/mol. The molecule has 21 heavy (non-hydrogen) atoms. The molecule has 5 nitrogen and oxygen atoms in total. The van der Waals surface area contributed by atoms with E-state index in [0.717, 1.165) is 32.5 Å². The summed E-state index contributed by atoms with van der Waals surface area (Å²) in [4.78, 5) is 14.4. The van der Waals surface area contributed by atoms with Crippen LogP contribution in [-0.4, -0.2) is 62.4 Å². The van der Waals surface area contributed by atoms with Gasteiger partial charge in [-0.05, 0) is 53.6 Å². The van der Waals surface area contributed by atoms with Gasteiger partial charge in [-0.2, -0.15) is 0 Å². The van der Waals surface area contributed by atoms with Crippen molar-refractivity contribution in [1.82, 2.24) is 10.2 Å². The molecule has 0 aromatic rings. The zero-order valence-electron chi connectivity index (χ0n) is 14.9. The van der Waals surface area contributed by atoms with Crippen molar-refractivity contribution < 1.29 is 14.3 Å². The lowest BCUT2D eigenvalue weighted by molar-refractivity contribution is -0.148. The fourth-order valence-electron chi connectivity index (χ4n) is 2.77. The molecule has 1 N–H and O–H groups in total. The smallest absolute Gasteiger partial charge is 0.325 e. The van der Waals surface area contributed by atoms with Gasteiger partial charge < -0.3 is 9.47 Å². The van der Waals surface area contributed by atoms with E-state index in [1.54, 1.807) is 7.11 Å². The highest BCUT2D eigenvalue weighted by atomic mass is 16.5. The summed E-state index contributed by atoms with van der Waals surface area (Å²) in [6.45, 7) is 13.0. The maximum Gasteiger partial charge on any atom is 0.325 e. The van der Waals surface area contributed by atoms with Crippen LogP contribution < -0.4 is 5.32 Å². The van der Waals surface area contributed by atoms with Gasteiger partial charge in [0.2, 0.25) is 0 Å². The molecule has 5 heteroatoms. The average Bonchev–Trinajstić information content (AvgIpc) is 2.42. The zero-order chi connectivity index (χ0) is 16.5. The van der Waals surface area contributed by atoms with Gasteiger partial charge in [-0.25, -0.2) is 0 Å². The van der Waals surface area contributed by atoms with Crippen molar-refractivity contribution in [2.75, 3.05) is 33.9 Å². The van der Waals surface area contributed by atoms with E-state index < -0.39 is 5.54 Å². The first-order valence-electron chi connectivity index (χ1n) is 7.89. The standard InChI is InChI=1S/C16H34N2O3/c1-8-18(14(4)12-20-6)11-9-10-16(5,15(19)21-7)17-13(2)3/h13-14,17H,8-12H2,1-7H3. The van der Waals surface area contributed by atoms with Crippen LogP contribution in [0.1, 0.15) is 47.5 Å². The van der Waals surface area contributed by atoms with Crippen LogP contribution in [0.15, 0.2) is 0 Å². The largest absolute Gasteiger partial charge is 0.468 e. The van der Waals surface area contributed by atoms with Crippen LogP contribution in [-0.2, 0) is 14.3 Å². The van der Waals surface area contributed by atoms with Gasteiger partial charge in [0.05, 0.1) is 13.7 Å². The lowest BCUT2D eigenvalue weighted by Crippen LogP contribution is -2.53. The first-order chi connectivity index (χ1) is 9.80. The normalized spacial score (nSPS) is 16.0. The molecule has 126 valence electrons. The number of rotatable bonds is 11. The Bertz CT molecular complexity index is 297. The molecule has 0 spiro atoms. The second-order valence-corrected chi connectivity index (χ2v) is 6.16. The molecule has 0 aliphatic carbocycles. The molecular formula is C16H34N2O3. The summed E-state index contributed by atoms with van der Waals surface area (Å²) in [7, 11) is 3.17. The number of nitrogens with zero attached hydrogens (tertiary/aromatic N) is 1. The number of methoxy groups -OCH3 is 2. The third-order valence-corrected chi connectivity index (χ3v) is 3.80. The molecule has 0 saturated heterocycles. The molecule has 0 fully saturated rings. The molecule has 0 rings (SSSR count). The van der Waals surface area contributed by atoms with E-state index in [1.165, 1.54) is 7.11 Å². The number of nitrogens with one attached hydrogen (secondary N) is 1. The average molecular weight is 302 g/mol. The van der Waals surface area contributed by atoms with Gasteiger partial charge in [0, 0.05) is 19.2 Å². The molecule has 0 saturated carbocycles. The topological polar surface area (TPSA) is 50.8 Å². The van der Waals surface area contributed by atoms with Gasteiger partial charge in [-0.1, -0.05) is 6.92 Å². The Labute approximate surface area is 130 Å². The van der Waals surface area contributed by atoms with E-state index in [0.29, 0.717) is 6.04 Å². The minimum Gasteiger partial charge on any atom is -0.468 e. The first-order valence-corrected chi connectivity index (χ1v) is 7.89. The van der Waals surface area contributed by atoms with E-state index in [-0.39, 0.29) is 12.0 Å². The summed E-state index contributed by atoms with van der Waals surface area (Å²) in [5.41, 5.74) is -0.618. The molecule has 0 aliphatic heterocycles. The van der Waals surface area contributed by atoms with Crippen LogP contribution in [0.3, 0.4) is 0 Å². The Morgan fingerprint density at radius 2 is 1.90 bits per heavy atom. The van der Waals surface area contributed by atoms with Crippen LogP contribution in [0.2, 0.25) is 0 Å². The number of carbonyl (C=O) groups is 1. The van der Waals surface area contributed by atoms with Gasteiger partial charge in [-0.15, -0.1) is 0 Å². The van der Waals surface area contributed by atoms with Crippen LogP contribution in [0.5, 0.6) is 0 Å². The summed E-state index contributed by atoms with van der Waals surface area (Å²) in [6.07, 6.45) is 1.70. The van der Waals surface area contributed by atoms with Crippen LogP contribution in [0.25, 0.3) is 0 Å². The Hall–Kier alpha value is -0.650. The van der Waals surface area contributed by atoms with Crippen molar-refractivity contribution in [3.63, 3.8) is 0 Å². The molecule has 0 heterocycles. The van der Waals surface area contributed by atoms with Gasteiger partial charge in [0.1, 0.15) is 5.54 Å². The second-order valence-electron chi connectivity index (χ2n) is 6.16. The molecule has 0 aliphatic rings. The fraction of sp³-hybridized carbons (Fsp3) is 0.938. The quantitative estimate of drug-likeness (QED) is 0.592. The first kappa shape index (κ1) is 20.3. The molecule has 0 aromatic carbocycles. The molecular weight excluding hydrogens is 268 g/mol. The van der Waals surface area contributed by atoms with Gasteiger partial charge >= 0.3 is 5.97 Å². The highest BCUT2D eigenvalue weighted by molar-refractivity contribution is 5.80. The number of likely N-dealkylation sites (N-methyl/N-ethyl adjacent to an activating group) is 1. The van der Waals surface area contributed by atoms with Crippen molar-refractivity contribution in [2.24, 2.45) is 0 Å². The Kier molecular flexibility index (Phi) is 9.83. The van der Waals surface area contributed by atoms with E-state index in [9.17, 15) is 4.79 Å². The number of hydrogen-bond acceptors (Lipinski definition) is 5. The predicted octanol–water partition coefficient (Wildman–Crippen LogP) is 2.05. The van der Waals surface area contributed by atoms with Crippen LogP contribution in [0.4, 0.5) is 0 Å². The van der Waals surface area contributed by atoms with E-state index >= 15 is 0 Å². The van der Waals surface area contributed by atoms with Gasteiger partial charge in [0.15, 0.2) is 0 Å². The summed E-state index contributed by atoms with van der Waals surface area (Å²) in [6, 6.07) is 0.631. The minimum absolute atomic E-state index is 0.191. The van der Waals surface area contributed by atoms with Gasteiger partial charge in [0.25, 0.3) is 0 Å². The molecule has 0 radical (unpaired) electrons. The summed E-state index contributed by atoms with van der Waals surface area (Å²) >= 11 is 0. The van der Waals surface area contributed by atoms with Gasteiger partial charge in [-0.3, -0.25) is 15.0 Å². The maximum atomic E-state index is 12.0. The van der Waals surface area contributed by atoms with E-state index in [2.05, 4.69) is 24.1 Å². The Balaban J connectivity index is 4.51. The summed E-state index contributed by atoms with van der Waals surface area (Å²) in [5.74, 6) is -0.191. The summed E-state index contributed by atoms with van der Waals surface area (Å²) in [5, 5.41) is 3.34. The molecule has 2 atom stereocenters. The molecule has 0 aromatic heterocycles. The van der Waals surface area contributed by atoms with Crippen molar-refractivity contribution in [1.29, 1.82) is 0 Å². The van der Waals surface area contributed by atoms with Crippen LogP contribution in [0, 0.1) is 0 Å². The molecule has 0 bridgehead atoms. The highest BCUT2D eigenvalue weighted by Gasteiger charge is 2.34. The minimum atomic E-state index is -0.618. The maximum absolute atomic E-state index is 12.0. The zero-order valence-corrected chi connectivity index (χ0v) is 14.9. The molecule has 0 amide bonds. The predicted molar refractivity (Wildman–Crippen MR) is 86.5 cm³/mol. The van der Waals surface area contributed by atoms with E-state index in [4.69, 9.17) is 9.47 Å². The van der Waals surface area contributed by atoms with Crippen molar-refractivity contribution in [2.45, 2.75) is 65.1 Å². The lowest BCUT2D eigenvalue weighted by atomic mass is 9.94. The summed E-state index contributed by atoms with van der Waals surface area (Å²) < 4.78 is 10.2. The lowest BCUT2D eigenvalue weighted by Gasteiger charge is -2.32. The highest BCUT2D eigenvalue weighted by Crippen LogP contribution is 2.16.